The van der Waals surface area contributed by atoms with E-state index >= 15 is 0 Å². The van der Waals surface area contributed by atoms with Gasteiger partial charge in [-0.1, -0.05) is 17.7 Å². The monoisotopic (exact) mass is 242 g/mol. The minimum Gasteiger partial charge on any atom is -0.396 e. The van der Waals surface area contributed by atoms with Crippen LogP contribution in [0.25, 0.3) is 0 Å². The SMILES string of the molecule is CCN(CCCO)c1ccc(CN)cc1Cl. The van der Waals surface area contributed by atoms with Gasteiger partial charge in [-0.25, -0.2) is 0 Å². The van der Waals surface area contributed by atoms with Crippen LogP contribution in [0.3, 0.4) is 0 Å². The topological polar surface area (TPSA) is 49.5 Å². The van der Waals surface area contributed by atoms with Crippen LogP contribution in [0.4, 0.5) is 5.69 Å². The minimum atomic E-state index is 0.203. The average Bonchev–Trinajstić information content (AvgIpc) is 2.31. The van der Waals surface area contributed by atoms with Crippen LogP contribution < -0.4 is 10.6 Å². The van der Waals surface area contributed by atoms with Gasteiger partial charge >= 0.3 is 0 Å². The number of halogens is 1. The van der Waals surface area contributed by atoms with Crippen molar-refractivity contribution in [2.24, 2.45) is 5.73 Å². The fraction of sp³-hybridized carbons (Fsp3) is 0.500. The van der Waals surface area contributed by atoms with E-state index in [-0.39, 0.29) is 6.61 Å². The molecule has 1 aromatic rings. The normalized spacial score (nSPS) is 10.5. The van der Waals surface area contributed by atoms with Gasteiger partial charge in [-0.05, 0) is 31.0 Å². The number of aliphatic hydroxyl groups excluding tert-OH is 1. The van der Waals surface area contributed by atoms with Gasteiger partial charge in [0.15, 0.2) is 0 Å². The van der Waals surface area contributed by atoms with Gasteiger partial charge in [0.2, 0.25) is 0 Å². The van der Waals surface area contributed by atoms with Crippen molar-refractivity contribution in [3.63, 3.8) is 0 Å². The van der Waals surface area contributed by atoms with Gasteiger partial charge in [-0.2, -0.15) is 0 Å². The van der Waals surface area contributed by atoms with E-state index in [2.05, 4.69) is 11.8 Å². The first-order valence-electron chi connectivity index (χ1n) is 5.57. The zero-order valence-electron chi connectivity index (χ0n) is 9.62. The van der Waals surface area contributed by atoms with Crippen molar-refractivity contribution < 1.29 is 5.11 Å². The van der Waals surface area contributed by atoms with Gasteiger partial charge in [0.05, 0.1) is 10.7 Å². The van der Waals surface area contributed by atoms with Crippen molar-refractivity contribution in [1.29, 1.82) is 0 Å². The highest BCUT2D eigenvalue weighted by atomic mass is 35.5. The van der Waals surface area contributed by atoms with E-state index < -0.39 is 0 Å². The van der Waals surface area contributed by atoms with Gasteiger partial charge in [0, 0.05) is 26.2 Å². The Labute approximate surface area is 102 Å². The molecule has 3 N–H and O–H groups in total. The first-order chi connectivity index (χ1) is 7.72. The number of hydrogen-bond donors (Lipinski definition) is 2. The van der Waals surface area contributed by atoms with Crippen molar-refractivity contribution in [2.45, 2.75) is 19.9 Å². The standard InChI is InChI=1S/C12H19ClN2O/c1-2-15(6-3-7-16)12-5-4-10(9-14)8-11(12)13/h4-5,8,16H,2-3,6-7,9,14H2,1H3. The van der Waals surface area contributed by atoms with Gasteiger partial charge in [-0.3, -0.25) is 0 Å². The van der Waals surface area contributed by atoms with E-state index in [1.165, 1.54) is 0 Å². The van der Waals surface area contributed by atoms with Gasteiger partial charge in [0.25, 0.3) is 0 Å². The predicted molar refractivity (Wildman–Crippen MR) is 68.9 cm³/mol. The lowest BCUT2D eigenvalue weighted by atomic mass is 10.2. The molecule has 0 bridgehead atoms. The van der Waals surface area contributed by atoms with Crippen LogP contribution in [0.1, 0.15) is 18.9 Å². The Bertz CT molecular complexity index is 331. The highest BCUT2D eigenvalue weighted by molar-refractivity contribution is 6.33. The largest absolute Gasteiger partial charge is 0.396 e. The molecule has 90 valence electrons. The number of rotatable bonds is 6. The third-order valence-electron chi connectivity index (χ3n) is 2.56. The van der Waals surface area contributed by atoms with E-state index in [1.54, 1.807) is 0 Å². The summed E-state index contributed by atoms with van der Waals surface area (Å²) in [6.45, 7) is 4.47. The third kappa shape index (κ3) is 3.37. The molecular formula is C12H19ClN2O. The number of nitrogens with zero attached hydrogens (tertiary/aromatic N) is 1. The maximum atomic E-state index is 8.83. The summed E-state index contributed by atoms with van der Waals surface area (Å²) >= 11 is 6.20. The van der Waals surface area contributed by atoms with Crippen molar-refractivity contribution in [3.8, 4) is 0 Å². The lowest BCUT2D eigenvalue weighted by molar-refractivity contribution is 0.289. The summed E-state index contributed by atoms with van der Waals surface area (Å²) in [5, 5.41) is 9.56. The number of anilines is 1. The smallest absolute Gasteiger partial charge is 0.0642 e. The van der Waals surface area contributed by atoms with E-state index in [9.17, 15) is 0 Å². The van der Waals surface area contributed by atoms with Gasteiger partial charge < -0.3 is 15.7 Å². The summed E-state index contributed by atoms with van der Waals surface area (Å²) in [7, 11) is 0. The highest BCUT2D eigenvalue weighted by Crippen LogP contribution is 2.26. The second-order valence-corrected chi connectivity index (χ2v) is 4.05. The highest BCUT2D eigenvalue weighted by Gasteiger charge is 2.08. The van der Waals surface area contributed by atoms with Crippen LogP contribution in [-0.4, -0.2) is 24.8 Å². The molecule has 0 fully saturated rings. The van der Waals surface area contributed by atoms with Crippen molar-refractivity contribution in [3.05, 3.63) is 28.8 Å². The molecule has 0 saturated carbocycles. The molecule has 0 aliphatic heterocycles. The van der Waals surface area contributed by atoms with Crippen molar-refractivity contribution in [1.82, 2.24) is 0 Å². The van der Waals surface area contributed by atoms with Crippen LogP contribution in [0.2, 0.25) is 5.02 Å². The van der Waals surface area contributed by atoms with E-state index in [1.807, 2.05) is 18.2 Å². The Kier molecular flexibility index (Phi) is 5.60. The maximum Gasteiger partial charge on any atom is 0.0642 e. The number of benzene rings is 1. The summed E-state index contributed by atoms with van der Waals surface area (Å²) in [5.41, 5.74) is 7.60. The zero-order chi connectivity index (χ0) is 12.0. The third-order valence-corrected chi connectivity index (χ3v) is 2.86. The molecule has 1 aromatic carbocycles. The number of hydrogen-bond acceptors (Lipinski definition) is 3. The lowest BCUT2D eigenvalue weighted by Crippen LogP contribution is -2.24. The molecule has 0 aliphatic carbocycles. The van der Waals surface area contributed by atoms with Crippen LogP contribution in [-0.2, 0) is 6.54 Å². The van der Waals surface area contributed by atoms with Crippen molar-refractivity contribution in [2.75, 3.05) is 24.6 Å². The molecular weight excluding hydrogens is 224 g/mol. The molecule has 3 nitrogen and oxygen atoms in total. The quantitative estimate of drug-likeness (QED) is 0.802. The molecule has 0 amide bonds. The average molecular weight is 243 g/mol. The molecule has 4 heteroatoms. The minimum absolute atomic E-state index is 0.203. The Hall–Kier alpha value is -0.770. The summed E-state index contributed by atoms with van der Waals surface area (Å²) in [4.78, 5) is 2.15. The first kappa shape index (κ1) is 13.3. The number of aliphatic hydroxyl groups is 1. The fourth-order valence-electron chi connectivity index (χ4n) is 1.64. The molecule has 0 atom stereocenters. The van der Waals surface area contributed by atoms with E-state index in [0.717, 1.165) is 35.8 Å². The van der Waals surface area contributed by atoms with E-state index in [0.29, 0.717) is 6.54 Å². The van der Waals surface area contributed by atoms with Crippen LogP contribution in [0.15, 0.2) is 18.2 Å². The molecule has 0 radical (unpaired) electrons. The lowest BCUT2D eigenvalue weighted by Gasteiger charge is -2.24. The Morgan fingerprint density at radius 3 is 2.69 bits per heavy atom. The molecule has 16 heavy (non-hydrogen) atoms. The van der Waals surface area contributed by atoms with Gasteiger partial charge in [0.1, 0.15) is 0 Å². The molecule has 0 unspecified atom stereocenters. The van der Waals surface area contributed by atoms with Crippen LogP contribution >= 0.6 is 11.6 Å². The maximum absolute atomic E-state index is 8.83. The first-order valence-corrected chi connectivity index (χ1v) is 5.95. The molecule has 0 aliphatic rings. The molecule has 0 heterocycles. The van der Waals surface area contributed by atoms with Gasteiger partial charge in [-0.15, -0.1) is 0 Å². The predicted octanol–water partition coefficient (Wildman–Crippen LogP) is 2.01. The van der Waals surface area contributed by atoms with Crippen LogP contribution in [0.5, 0.6) is 0 Å². The Balaban J connectivity index is 2.83. The Morgan fingerprint density at radius 1 is 1.44 bits per heavy atom. The van der Waals surface area contributed by atoms with E-state index in [4.69, 9.17) is 22.4 Å². The van der Waals surface area contributed by atoms with Crippen LogP contribution in [0, 0.1) is 0 Å². The Morgan fingerprint density at radius 2 is 2.19 bits per heavy atom. The fourth-order valence-corrected chi connectivity index (χ4v) is 1.97. The molecule has 0 saturated heterocycles. The summed E-state index contributed by atoms with van der Waals surface area (Å²) < 4.78 is 0. The number of nitrogens with two attached hydrogens (primary N) is 1. The summed E-state index contributed by atoms with van der Waals surface area (Å²) in [6.07, 6.45) is 0.753. The molecule has 1 rings (SSSR count). The molecule has 0 aromatic heterocycles. The second-order valence-electron chi connectivity index (χ2n) is 3.65. The summed E-state index contributed by atoms with van der Waals surface area (Å²) in [6, 6.07) is 5.88. The summed E-state index contributed by atoms with van der Waals surface area (Å²) in [5.74, 6) is 0. The van der Waals surface area contributed by atoms with Crippen molar-refractivity contribution >= 4 is 17.3 Å². The zero-order valence-corrected chi connectivity index (χ0v) is 10.4. The molecule has 0 spiro atoms. The second kappa shape index (κ2) is 6.74.